The predicted molar refractivity (Wildman–Crippen MR) is 126 cm³/mol. The summed E-state index contributed by atoms with van der Waals surface area (Å²) in [6.45, 7) is 7.00. The Morgan fingerprint density at radius 1 is 1.29 bits per heavy atom. The highest BCUT2D eigenvalue weighted by Gasteiger charge is 2.61. The molecule has 35 heavy (non-hydrogen) atoms. The summed E-state index contributed by atoms with van der Waals surface area (Å²) in [6.07, 6.45) is -0.0847. The molecule has 0 aromatic heterocycles. The van der Waals surface area contributed by atoms with Crippen LogP contribution in [0.2, 0.25) is 0 Å². The number of carboxylic acid groups (broad SMARTS) is 1. The molecule has 0 saturated carbocycles. The number of rotatable bonds is 9. The lowest BCUT2D eigenvalue weighted by Crippen LogP contribution is -2.66. The number of likely N-dealkylation sites (N-methyl/N-ethyl adjacent to an activating group) is 1. The van der Waals surface area contributed by atoms with E-state index < -0.39 is 48.1 Å². The van der Waals surface area contributed by atoms with Gasteiger partial charge in [0.2, 0.25) is 11.8 Å². The van der Waals surface area contributed by atoms with Crippen LogP contribution in [0.15, 0.2) is 10.6 Å². The molecule has 0 bridgehead atoms. The highest BCUT2D eigenvalue weighted by atomic mass is 32.2. The SMILES string of the molecule is CC(C)CC(F)(F)C(=O)NC(C)[C@H]1C(=O)N2C(C(=O)O)=C(S[C@@H]3CN[C@H](C(=O)N(C)C)C3)[C@H](C)[C@H]12. The number of fused-ring (bicyclic) bond motifs is 1. The van der Waals surface area contributed by atoms with Gasteiger partial charge in [-0.3, -0.25) is 14.4 Å². The van der Waals surface area contributed by atoms with E-state index in [1.54, 1.807) is 27.9 Å². The fourth-order valence-corrected chi connectivity index (χ4v) is 6.66. The maximum atomic E-state index is 14.2. The molecule has 3 heterocycles. The molecule has 196 valence electrons. The molecule has 0 aromatic carbocycles. The molecule has 3 N–H and O–H groups in total. The van der Waals surface area contributed by atoms with E-state index in [9.17, 15) is 33.1 Å². The van der Waals surface area contributed by atoms with E-state index >= 15 is 0 Å². The zero-order valence-corrected chi connectivity index (χ0v) is 21.6. The van der Waals surface area contributed by atoms with E-state index in [2.05, 4.69) is 10.6 Å². The lowest BCUT2D eigenvalue weighted by Gasteiger charge is -2.47. The van der Waals surface area contributed by atoms with Crippen LogP contribution in [-0.2, 0) is 19.2 Å². The van der Waals surface area contributed by atoms with Crippen molar-refractivity contribution in [3.63, 3.8) is 0 Å². The summed E-state index contributed by atoms with van der Waals surface area (Å²) in [5, 5.41) is 15.3. The molecule has 0 radical (unpaired) electrons. The van der Waals surface area contributed by atoms with E-state index in [-0.39, 0.29) is 34.7 Å². The average molecular weight is 517 g/mol. The van der Waals surface area contributed by atoms with Crippen LogP contribution in [0, 0.1) is 17.8 Å². The van der Waals surface area contributed by atoms with Gasteiger partial charge in [0.25, 0.3) is 5.91 Å². The van der Waals surface area contributed by atoms with Gasteiger partial charge in [0.15, 0.2) is 0 Å². The number of carboxylic acids is 1. The number of amides is 3. The summed E-state index contributed by atoms with van der Waals surface area (Å²) >= 11 is 1.34. The summed E-state index contributed by atoms with van der Waals surface area (Å²) < 4.78 is 28.4. The topological polar surface area (TPSA) is 119 Å². The van der Waals surface area contributed by atoms with E-state index in [0.717, 1.165) is 0 Å². The number of nitrogens with one attached hydrogen (secondary N) is 2. The third-order valence-electron chi connectivity index (χ3n) is 6.81. The normalized spacial score (nSPS) is 29.2. The minimum Gasteiger partial charge on any atom is -0.477 e. The molecular formula is C23H34F2N4O5S. The molecule has 0 aliphatic carbocycles. The number of thioether (sulfide) groups is 1. The Bertz CT molecular complexity index is 941. The summed E-state index contributed by atoms with van der Waals surface area (Å²) in [5.74, 6) is -8.32. The summed E-state index contributed by atoms with van der Waals surface area (Å²) in [6, 6.07) is -1.78. The third-order valence-corrected chi connectivity index (χ3v) is 8.32. The van der Waals surface area contributed by atoms with Crippen molar-refractivity contribution in [1.82, 2.24) is 20.4 Å². The first-order chi connectivity index (χ1) is 16.2. The number of nitrogens with zero attached hydrogens (tertiary/aromatic N) is 2. The van der Waals surface area contributed by atoms with Crippen LogP contribution in [0.25, 0.3) is 0 Å². The number of carbonyl (C=O) groups excluding carboxylic acids is 3. The maximum absolute atomic E-state index is 14.2. The van der Waals surface area contributed by atoms with E-state index in [0.29, 0.717) is 17.9 Å². The van der Waals surface area contributed by atoms with Crippen LogP contribution >= 0.6 is 11.8 Å². The average Bonchev–Trinajstić information content (AvgIpc) is 3.28. The fraction of sp³-hybridized carbons (Fsp3) is 0.739. The van der Waals surface area contributed by atoms with Crippen LogP contribution in [0.1, 0.15) is 40.5 Å². The Labute approximate surface area is 208 Å². The summed E-state index contributed by atoms with van der Waals surface area (Å²) in [5.41, 5.74) is -0.0974. The van der Waals surface area contributed by atoms with Crippen LogP contribution < -0.4 is 10.6 Å². The number of alkyl halides is 2. The van der Waals surface area contributed by atoms with Crippen LogP contribution in [0.5, 0.6) is 0 Å². The standard InChI is InChI=1S/C23H34F2N4O5S/c1-10(2)8-23(24,25)22(34)27-12(4)15-16-11(3)18(17(21(32)33)29(16)20(15)31)35-13-7-14(26-9-13)19(30)28(5)6/h10-16,26H,7-9H2,1-6H3,(H,27,34)(H,32,33)/t11-,12?,13+,14+,15-,16-/m1/s1. The van der Waals surface area contributed by atoms with Crippen molar-refractivity contribution >= 4 is 35.5 Å². The monoisotopic (exact) mass is 516 g/mol. The molecule has 0 spiro atoms. The van der Waals surface area contributed by atoms with Gasteiger partial charge >= 0.3 is 11.9 Å². The van der Waals surface area contributed by atoms with Crippen molar-refractivity contribution in [3.05, 3.63) is 10.6 Å². The van der Waals surface area contributed by atoms with E-state index in [1.807, 2.05) is 6.92 Å². The second kappa shape index (κ2) is 10.0. The minimum absolute atomic E-state index is 0.0575. The Balaban J connectivity index is 1.73. The van der Waals surface area contributed by atoms with Gasteiger partial charge in [-0.05, 0) is 19.3 Å². The molecule has 3 aliphatic heterocycles. The van der Waals surface area contributed by atoms with Gasteiger partial charge in [-0.15, -0.1) is 11.8 Å². The van der Waals surface area contributed by atoms with Crippen molar-refractivity contribution in [3.8, 4) is 0 Å². The zero-order valence-electron chi connectivity index (χ0n) is 20.8. The molecule has 2 saturated heterocycles. The molecule has 3 rings (SSSR count). The largest absolute Gasteiger partial charge is 0.477 e. The van der Waals surface area contributed by atoms with Gasteiger partial charge in [-0.1, -0.05) is 20.8 Å². The Hall–Kier alpha value is -2.21. The molecule has 12 heteroatoms. The quantitative estimate of drug-likeness (QED) is 0.398. The Kier molecular flexibility index (Phi) is 7.85. The van der Waals surface area contributed by atoms with E-state index in [1.165, 1.54) is 28.5 Å². The second-order valence-electron chi connectivity index (χ2n) is 10.3. The minimum atomic E-state index is -3.56. The fourth-order valence-electron chi connectivity index (χ4n) is 5.18. The molecule has 0 aromatic rings. The number of halogens is 2. The first-order valence-corrected chi connectivity index (χ1v) is 12.7. The second-order valence-corrected chi connectivity index (χ2v) is 11.6. The molecular weight excluding hydrogens is 482 g/mol. The first-order valence-electron chi connectivity index (χ1n) is 11.8. The number of β-lactam (4-membered cyclic amide) rings is 1. The Morgan fingerprint density at radius 2 is 1.91 bits per heavy atom. The smallest absolute Gasteiger partial charge is 0.353 e. The van der Waals surface area contributed by atoms with Crippen molar-refractivity contribution in [2.24, 2.45) is 17.8 Å². The van der Waals surface area contributed by atoms with Gasteiger partial charge in [-0.2, -0.15) is 8.78 Å². The highest BCUT2D eigenvalue weighted by molar-refractivity contribution is 8.03. The summed E-state index contributed by atoms with van der Waals surface area (Å²) in [4.78, 5) is 52.8. The van der Waals surface area contributed by atoms with E-state index in [4.69, 9.17) is 0 Å². The van der Waals surface area contributed by atoms with Crippen LogP contribution in [0.4, 0.5) is 8.78 Å². The van der Waals surface area contributed by atoms with Crippen molar-refractivity contribution in [2.75, 3.05) is 20.6 Å². The lowest BCUT2D eigenvalue weighted by atomic mass is 9.78. The highest BCUT2D eigenvalue weighted by Crippen LogP contribution is 2.52. The van der Waals surface area contributed by atoms with Gasteiger partial charge in [0.1, 0.15) is 5.70 Å². The number of carbonyl (C=O) groups is 4. The van der Waals surface area contributed by atoms with Gasteiger partial charge in [0, 0.05) is 49.2 Å². The van der Waals surface area contributed by atoms with Crippen molar-refractivity contribution in [1.29, 1.82) is 0 Å². The van der Waals surface area contributed by atoms with Gasteiger partial charge < -0.3 is 25.5 Å². The van der Waals surface area contributed by atoms with Crippen molar-refractivity contribution < 1.29 is 33.1 Å². The van der Waals surface area contributed by atoms with Crippen LogP contribution in [-0.4, -0.2) is 88.5 Å². The number of hydrogen-bond donors (Lipinski definition) is 3. The molecule has 9 nitrogen and oxygen atoms in total. The van der Waals surface area contributed by atoms with Gasteiger partial charge in [-0.25, -0.2) is 4.79 Å². The van der Waals surface area contributed by atoms with Crippen LogP contribution in [0.3, 0.4) is 0 Å². The number of hydrogen-bond acceptors (Lipinski definition) is 6. The molecule has 1 unspecified atom stereocenters. The number of aliphatic carboxylic acids is 1. The lowest BCUT2D eigenvalue weighted by molar-refractivity contribution is -0.160. The van der Waals surface area contributed by atoms with Crippen molar-refractivity contribution in [2.45, 2.75) is 69.8 Å². The summed E-state index contributed by atoms with van der Waals surface area (Å²) in [7, 11) is 3.34. The predicted octanol–water partition coefficient (Wildman–Crippen LogP) is 1.50. The molecule has 3 amide bonds. The molecule has 3 aliphatic rings. The zero-order chi connectivity index (χ0) is 26.4. The third kappa shape index (κ3) is 5.18. The van der Waals surface area contributed by atoms with Gasteiger partial charge in [0.05, 0.1) is 18.0 Å². The molecule has 6 atom stereocenters. The Morgan fingerprint density at radius 3 is 2.46 bits per heavy atom. The molecule has 2 fully saturated rings. The maximum Gasteiger partial charge on any atom is 0.353 e. The first kappa shape index (κ1) is 27.4.